The molecule has 6 heteroatoms. The molecule has 1 aromatic carbocycles. The highest BCUT2D eigenvalue weighted by molar-refractivity contribution is 7.16. The Bertz CT molecular complexity index is 630. The fourth-order valence-corrected chi connectivity index (χ4v) is 2.11. The maximum Gasteiger partial charge on any atom is 0.240 e. The summed E-state index contributed by atoms with van der Waals surface area (Å²) in [5, 5.41) is 3.86. The molecule has 0 saturated heterocycles. The second-order valence-electron chi connectivity index (χ2n) is 3.25. The summed E-state index contributed by atoms with van der Waals surface area (Å²) in [5.41, 5.74) is 9.06. The highest BCUT2D eigenvalue weighted by Crippen LogP contribution is 2.23. The summed E-state index contributed by atoms with van der Waals surface area (Å²) in [6.45, 7) is 0.256. The van der Waals surface area contributed by atoms with E-state index >= 15 is 0 Å². The first-order valence-electron chi connectivity index (χ1n) is 4.73. The van der Waals surface area contributed by atoms with E-state index in [1.165, 1.54) is 0 Å². The second-order valence-corrected chi connectivity index (χ2v) is 4.14. The normalized spacial score (nSPS) is 11.1. The van der Waals surface area contributed by atoms with Crippen LogP contribution in [0.1, 0.15) is 5.89 Å². The molecule has 0 atom stereocenters. The summed E-state index contributed by atoms with van der Waals surface area (Å²) in [4.78, 5) is 8.40. The van der Waals surface area contributed by atoms with E-state index in [9.17, 15) is 0 Å². The van der Waals surface area contributed by atoms with Crippen molar-refractivity contribution in [2.75, 3.05) is 0 Å². The summed E-state index contributed by atoms with van der Waals surface area (Å²) < 4.78 is 6.10. The van der Waals surface area contributed by atoms with Crippen molar-refractivity contribution in [2.24, 2.45) is 5.73 Å². The zero-order chi connectivity index (χ0) is 11.0. The van der Waals surface area contributed by atoms with Gasteiger partial charge in [0.15, 0.2) is 0 Å². The van der Waals surface area contributed by atoms with Crippen LogP contribution < -0.4 is 5.73 Å². The van der Waals surface area contributed by atoms with Crippen LogP contribution in [0.3, 0.4) is 0 Å². The number of nitrogens with two attached hydrogens (primary N) is 1. The molecule has 0 unspecified atom stereocenters. The lowest BCUT2D eigenvalue weighted by Gasteiger charge is -1.93. The molecule has 0 amide bonds. The van der Waals surface area contributed by atoms with E-state index in [0.717, 1.165) is 15.8 Å². The van der Waals surface area contributed by atoms with Crippen molar-refractivity contribution in [1.82, 2.24) is 15.1 Å². The van der Waals surface area contributed by atoms with Crippen LogP contribution >= 0.6 is 11.3 Å². The predicted molar refractivity (Wildman–Crippen MR) is 60.8 cm³/mol. The lowest BCUT2D eigenvalue weighted by atomic mass is 10.2. The van der Waals surface area contributed by atoms with Crippen LogP contribution in [0.4, 0.5) is 0 Å². The fourth-order valence-electron chi connectivity index (χ4n) is 1.45. The van der Waals surface area contributed by atoms with E-state index in [1.807, 2.05) is 23.7 Å². The Morgan fingerprint density at radius 3 is 3.12 bits per heavy atom. The van der Waals surface area contributed by atoms with Gasteiger partial charge in [-0.1, -0.05) is 5.16 Å². The van der Waals surface area contributed by atoms with Crippen molar-refractivity contribution in [3.8, 4) is 11.4 Å². The van der Waals surface area contributed by atoms with Crippen molar-refractivity contribution < 1.29 is 4.52 Å². The fraction of sp³-hybridized carbons (Fsp3) is 0.100. The van der Waals surface area contributed by atoms with Crippen molar-refractivity contribution in [3.63, 3.8) is 0 Å². The smallest absolute Gasteiger partial charge is 0.240 e. The molecule has 0 saturated carbocycles. The monoisotopic (exact) mass is 232 g/mol. The van der Waals surface area contributed by atoms with Crippen molar-refractivity contribution >= 4 is 21.6 Å². The Morgan fingerprint density at radius 2 is 2.31 bits per heavy atom. The lowest BCUT2D eigenvalue weighted by molar-refractivity contribution is 0.380. The molecular formula is C10H8N4OS. The maximum atomic E-state index is 5.41. The summed E-state index contributed by atoms with van der Waals surface area (Å²) in [7, 11) is 0. The standard InChI is InChI=1S/C10H8N4OS/c11-4-9-13-10(14-15-9)6-1-2-8-7(3-6)12-5-16-8/h1-3,5H,4,11H2. The highest BCUT2D eigenvalue weighted by Gasteiger charge is 2.08. The molecule has 5 nitrogen and oxygen atoms in total. The Kier molecular flexibility index (Phi) is 2.16. The molecule has 2 aromatic heterocycles. The van der Waals surface area contributed by atoms with Crippen LogP contribution in [0.5, 0.6) is 0 Å². The van der Waals surface area contributed by atoms with Gasteiger partial charge in [-0.05, 0) is 18.2 Å². The third-order valence-electron chi connectivity index (χ3n) is 2.23. The molecular weight excluding hydrogens is 224 g/mol. The predicted octanol–water partition coefficient (Wildman–Crippen LogP) is 1.80. The Balaban J connectivity index is 2.10. The van der Waals surface area contributed by atoms with Gasteiger partial charge in [0.1, 0.15) is 0 Å². The molecule has 0 spiro atoms. The first-order valence-corrected chi connectivity index (χ1v) is 5.61. The minimum absolute atomic E-state index is 0.256. The first kappa shape index (κ1) is 9.44. The minimum atomic E-state index is 0.256. The minimum Gasteiger partial charge on any atom is -0.338 e. The van der Waals surface area contributed by atoms with Crippen LogP contribution in [-0.2, 0) is 6.54 Å². The van der Waals surface area contributed by atoms with E-state index in [4.69, 9.17) is 10.3 Å². The Labute approximate surface area is 94.9 Å². The van der Waals surface area contributed by atoms with Crippen LogP contribution in [0.25, 0.3) is 21.6 Å². The average Bonchev–Trinajstić information content (AvgIpc) is 2.96. The molecule has 2 N–H and O–H groups in total. The third-order valence-corrected chi connectivity index (χ3v) is 3.04. The van der Waals surface area contributed by atoms with Crippen molar-refractivity contribution in [1.29, 1.82) is 0 Å². The number of benzene rings is 1. The SMILES string of the molecule is NCc1nc(-c2ccc3scnc3c2)no1. The molecule has 0 aliphatic carbocycles. The number of rotatable bonds is 2. The van der Waals surface area contributed by atoms with Gasteiger partial charge in [-0.15, -0.1) is 11.3 Å². The number of fused-ring (bicyclic) bond motifs is 1. The second kappa shape index (κ2) is 3.66. The number of hydrogen-bond donors (Lipinski definition) is 1. The summed E-state index contributed by atoms with van der Waals surface area (Å²) >= 11 is 1.61. The number of thiazole rings is 1. The zero-order valence-electron chi connectivity index (χ0n) is 8.25. The highest BCUT2D eigenvalue weighted by atomic mass is 32.1. The largest absolute Gasteiger partial charge is 0.338 e. The van der Waals surface area contributed by atoms with E-state index in [0.29, 0.717) is 11.7 Å². The van der Waals surface area contributed by atoms with Crippen molar-refractivity contribution in [2.45, 2.75) is 6.54 Å². The van der Waals surface area contributed by atoms with Crippen LogP contribution in [-0.4, -0.2) is 15.1 Å². The maximum absolute atomic E-state index is 5.41. The van der Waals surface area contributed by atoms with Gasteiger partial charge >= 0.3 is 0 Å². The van der Waals surface area contributed by atoms with Crippen LogP contribution in [0.15, 0.2) is 28.2 Å². The van der Waals surface area contributed by atoms with Gasteiger partial charge in [0.25, 0.3) is 0 Å². The summed E-state index contributed by atoms with van der Waals surface area (Å²) in [5.74, 6) is 0.990. The van der Waals surface area contributed by atoms with Gasteiger partial charge in [0, 0.05) is 5.56 Å². The van der Waals surface area contributed by atoms with Crippen LogP contribution in [0.2, 0.25) is 0 Å². The molecule has 2 heterocycles. The number of nitrogens with zero attached hydrogens (tertiary/aromatic N) is 3. The molecule has 80 valence electrons. The zero-order valence-corrected chi connectivity index (χ0v) is 9.07. The van der Waals surface area contributed by atoms with Crippen molar-refractivity contribution in [3.05, 3.63) is 29.6 Å². The topological polar surface area (TPSA) is 77.8 Å². The van der Waals surface area contributed by atoms with E-state index < -0.39 is 0 Å². The quantitative estimate of drug-likeness (QED) is 0.729. The summed E-state index contributed by atoms with van der Waals surface area (Å²) in [6, 6.07) is 5.89. The molecule has 0 fully saturated rings. The van der Waals surface area contributed by atoms with Gasteiger partial charge in [0.2, 0.25) is 11.7 Å². The number of hydrogen-bond acceptors (Lipinski definition) is 6. The van der Waals surface area contributed by atoms with Gasteiger partial charge in [-0.2, -0.15) is 4.98 Å². The number of aromatic nitrogens is 3. The summed E-state index contributed by atoms with van der Waals surface area (Å²) in [6.07, 6.45) is 0. The Morgan fingerprint density at radius 1 is 1.38 bits per heavy atom. The molecule has 0 aliphatic rings. The van der Waals surface area contributed by atoms with Gasteiger partial charge in [0.05, 0.1) is 22.3 Å². The van der Waals surface area contributed by atoms with Gasteiger partial charge in [-0.3, -0.25) is 0 Å². The molecule has 0 aliphatic heterocycles. The third kappa shape index (κ3) is 1.48. The molecule has 16 heavy (non-hydrogen) atoms. The van der Waals surface area contributed by atoms with Gasteiger partial charge in [-0.25, -0.2) is 4.98 Å². The lowest BCUT2D eigenvalue weighted by Crippen LogP contribution is -1.95. The molecule has 3 rings (SSSR count). The van der Waals surface area contributed by atoms with E-state index in [2.05, 4.69) is 15.1 Å². The molecule has 3 aromatic rings. The average molecular weight is 232 g/mol. The van der Waals surface area contributed by atoms with Gasteiger partial charge < -0.3 is 10.3 Å². The molecule has 0 radical (unpaired) electrons. The Hall–Kier alpha value is -1.79. The first-order chi connectivity index (χ1) is 7.86. The van der Waals surface area contributed by atoms with E-state index in [-0.39, 0.29) is 6.54 Å². The molecule has 0 bridgehead atoms. The van der Waals surface area contributed by atoms with Crippen LogP contribution in [0, 0.1) is 0 Å². The van der Waals surface area contributed by atoms with E-state index in [1.54, 1.807) is 11.3 Å².